The Hall–Kier alpha value is -0.270. The van der Waals surface area contributed by atoms with Crippen LogP contribution >= 0.6 is 11.8 Å². The summed E-state index contributed by atoms with van der Waals surface area (Å²) in [6, 6.07) is 0. The van der Waals surface area contributed by atoms with Crippen molar-refractivity contribution in [3.63, 3.8) is 0 Å². The molecule has 0 saturated carbocycles. The lowest BCUT2D eigenvalue weighted by Gasteiger charge is -2.12. The first-order chi connectivity index (χ1) is 6.58. The van der Waals surface area contributed by atoms with Crippen molar-refractivity contribution >= 4 is 27.0 Å². The van der Waals surface area contributed by atoms with E-state index < -0.39 is 10.0 Å². The largest absolute Gasteiger partial charge is 0.364 e. The molecule has 2 N–H and O–H groups in total. The minimum absolute atomic E-state index is 0.401. The Labute approximate surface area is 88.8 Å². The van der Waals surface area contributed by atoms with Gasteiger partial charge in [0.15, 0.2) is 5.17 Å². The molecule has 0 aromatic rings. The van der Waals surface area contributed by atoms with Gasteiger partial charge in [0, 0.05) is 25.4 Å². The Morgan fingerprint density at radius 3 is 2.86 bits per heavy atom. The zero-order valence-electron chi connectivity index (χ0n) is 8.12. The molecule has 1 aliphatic rings. The van der Waals surface area contributed by atoms with Gasteiger partial charge in [-0.2, -0.15) is 0 Å². The van der Waals surface area contributed by atoms with Crippen molar-refractivity contribution in [1.82, 2.24) is 10.0 Å². The summed E-state index contributed by atoms with van der Waals surface area (Å²) in [5.41, 5.74) is 0. The SMILES string of the molecule is CS(=O)(=O)NCCNC1=NCCCS1. The molecule has 82 valence electrons. The van der Waals surface area contributed by atoms with Crippen molar-refractivity contribution < 1.29 is 8.42 Å². The molecular formula is C7H15N3O2S2. The topological polar surface area (TPSA) is 70.6 Å². The van der Waals surface area contributed by atoms with E-state index in [0.717, 1.165) is 30.1 Å². The highest BCUT2D eigenvalue weighted by atomic mass is 32.2. The van der Waals surface area contributed by atoms with Crippen LogP contribution < -0.4 is 10.0 Å². The minimum atomic E-state index is -3.06. The molecule has 5 nitrogen and oxygen atoms in total. The third kappa shape index (κ3) is 5.46. The number of hydrogen-bond acceptors (Lipinski definition) is 5. The average molecular weight is 237 g/mol. The molecule has 0 aromatic heterocycles. The summed E-state index contributed by atoms with van der Waals surface area (Å²) in [6.45, 7) is 1.85. The van der Waals surface area contributed by atoms with Crippen LogP contribution in [0.25, 0.3) is 0 Å². The van der Waals surface area contributed by atoms with Crippen LogP contribution in [0, 0.1) is 0 Å². The monoisotopic (exact) mass is 237 g/mol. The van der Waals surface area contributed by atoms with Gasteiger partial charge in [0.2, 0.25) is 10.0 Å². The van der Waals surface area contributed by atoms with E-state index in [4.69, 9.17) is 0 Å². The highest BCUT2D eigenvalue weighted by molar-refractivity contribution is 8.13. The van der Waals surface area contributed by atoms with Crippen LogP contribution in [0.4, 0.5) is 0 Å². The average Bonchev–Trinajstić information content (AvgIpc) is 2.13. The number of amidine groups is 1. The lowest BCUT2D eigenvalue weighted by Crippen LogP contribution is -2.33. The maximum atomic E-state index is 10.7. The molecule has 0 aliphatic carbocycles. The number of hydrogen-bond donors (Lipinski definition) is 2. The summed E-state index contributed by atoms with van der Waals surface area (Å²) in [5, 5.41) is 4.00. The van der Waals surface area contributed by atoms with Gasteiger partial charge in [-0.25, -0.2) is 13.1 Å². The molecule has 1 heterocycles. The highest BCUT2D eigenvalue weighted by Crippen LogP contribution is 2.09. The van der Waals surface area contributed by atoms with Crippen molar-refractivity contribution in [3.05, 3.63) is 0 Å². The van der Waals surface area contributed by atoms with Gasteiger partial charge in [-0.05, 0) is 6.42 Å². The molecule has 0 radical (unpaired) electrons. The predicted molar refractivity (Wildman–Crippen MR) is 60.2 cm³/mol. The summed E-state index contributed by atoms with van der Waals surface area (Å²) in [4.78, 5) is 4.25. The number of nitrogens with one attached hydrogen (secondary N) is 2. The summed E-state index contributed by atoms with van der Waals surface area (Å²) in [7, 11) is -3.06. The van der Waals surface area contributed by atoms with Gasteiger partial charge in [0.1, 0.15) is 0 Å². The Morgan fingerprint density at radius 2 is 2.29 bits per heavy atom. The van der Waals surface area contributed by atoms with Crippen LogP contribution in [0.3, 0.4) is 0 Å². The molecule has 0 spiro atoms. The van der Waals surface area contributed by atoms with E-state index in [0.29, 0.717) is 13.1 Å². The zero-order valence-corrected chi connectivity index (χ0v) is 9.75. The van der Waals surface area contributed by atoms with Crippen LogP contribution in [-0.2, 0) is 10.0 Å². The van der Waals surface area contributed by atoms with E-state index in [1.807, 2.05) is 0 Å². The van der Waals surface area contributed by atoms with Crippen molar-refractivity contribution in [2.24, 2.45) is 4.99 Å². The third-order valence-electron chi connectivity index (χ3n) is 1.56. The van der Waals surface area contributed by atoms with E-state index in [1.165, 1.54) is 0 Å². The summed E-state index contributed by atoms with van der Waals surface area (Å²) in [5.74, 6) is 1.09. The summed E-state index contributed by atoms with van der Waals surface area (Å²) >= 11 is 1.68. The zero-order chi connectivity index (χ0) is 10.4. The van der Waals surface area contributed by atoms with E-state index in [2.05, 4.69) is 15.0 Å². The van der Waals surface area contributed by atoms with E-state index in [-0.39, 0.29) is 0 Å². The first-order valence-electron chi connectivity index (χ1n) is 4.44. The summed E-state index contributed by atoms with van der Waals surface area (Å²) in [6.07, 6.45) is 2.28. The number of rotatable bonds is 4. The van der Waals surface area contributed by atoms with Crippen molar-refractivity contribution in [2.75, 3.05) is 31.6 Å². The molecule has 0 amide bonds. The molecule has 0 bridgehead atoms. The number of thioether (sulfide) groups is 1. The Bertz CT molecular complexity index is 300. The fourth-order valence-corrected chi connectivity index (χ4v) is 2.30. The standard InChI is InChI=1S/C7H15N3O2S2/c1-14(11,12)10-5-4-9-7-8-3-2-6-13-7/h10H,2-6H2,1H3,(H,8,9). The van der Waals surface area contributed by atoms with Gasteiger partial charge in [-0.3, -0.25) is 4.99 Å². The third-order valence-corrected chi connectivity index (χ3v) is 3.33. The smallest absolute Gasteiger partial charge is 0.208 e. The first kappa shape index (κ1) is 11.8. The van der Waals surface area contributed by atoms with Crippen LogP contribution in [0.5, 0.6) is 0 Å². The number of sulfonamides is 1. The first-order valence-corrected chi connectivity index (χ1v) is 7.31. The van der Waals surface area contributed by atoms with Crippen molar-refractivity contribution in [3.8, 4) is 0 Å². The van der Waals surface area contributed by atoms with Crippen LogP contribution in [-0.4, -0.2) is 45.2 Å². The molecule has 7 heteroatoms. The predicted octanol–water partition coefficient (Wildman–Crippen LogP) is -0.382. The Morgan fingerprint density at radius 1 is 1.50 bits per heavy atom. The number of aliphatic imine (C=N–C) groups is 1. The molecular weight excluding hydrogens is 222 g/mol. The molecule has 0 saturated heterocycles. The summed E-state index contributed by atoms with van der Waals surface area (Å²) < 4.78 is 23.8. The fourth-order valence-electron chi connectivity index (χ4n) is 0.972. The van der Waals surface area contributed by atoms with Crippen LogP contribution in [0.15, 0.2) is 4.99 Å². The maximum Gasteiger partial charge on any atom is 0.208 e. The van der Waals surface area contributed by atoms with E-state index >= 15 is 0 Å². The molecule has 0 unspecified atom stereocenters. The van der Waals surface area contributed by atoms with Gasteiger partial charge >= 0.3 is 0 Å². The molecule has 1 aliphatic heterocycles. The molecule has 0 aromatic carbocycles. The van der Waals surface area contributed by atoms with Gasteiger partial charge in [0.05, 0.1) is 6.26 Å². The molecule has 0 fully saturated rings. The molecule has 14 heavy (non-hydrogen) atoms. The van der Waals surface area contributed by atoms with Crippen LogP contribution in [0.1, 0.15) is 6.42 Å². The molecule has 0 atom stereocenters. The van der Waals surface area contributed by atoms with Gasteiger partial charge < -0.3 is 5.32 Å². The van der Waals surface area contributed by atoms with E-state index in [9.17, 15) is 8.42 Å². The highest BCUT2D eigenvalue weighted by Gasteiger charge is 2.04. The second kappa shape index (κ2) is 5.57. The van der Waals surface area contributed by atoms with Crippen molar-refractivity contribution in [1.29, 1.82) is 0 Å². The van der Waals surface area contributed by atoms with Gasteiger partial charge in [-0.15, -0.1) is 0 Å². The normalized spacial score (nSPS) is 17.6. The maximum absolute atomic E-state index is 10.7. The van der Waals surface area contributed by atoms with Gasteiger partial charge in [-0.1, -0.05) is 11.8 Å². The quantitative estimate of drug-likeness (QED) is 0.654. The Kier molecular flexibility index (Phi) is 4.70. The second-order valence-corrected chi connectivity index (χ2v) is 5.90. The lowest BCUT2D eigenvalue weighted by molar-refractivity contribution is 0.587. The molecule has 1 rings (SSSR count). The fraction of sp³-hybridized carbons (Fsp3) is 0.857. The van der Waals surface area contributed by atoms with Crippen molar-refractivity contribution in [2.45, 2.75) is 6.42 Å². The lowest BCUT2D eigenvalue weighted by atomic mass is 10.5. The second-order valence-electron chi connectivity index (χ2n) is 2.98. The van der Waals surface area contributed by atoms with Gasteiger partial charge in [0.25, 0.3) is 0 Å². The number of nitrogens with zero attached hydrogens (tertiary/aromatic N) is 1. The van der Waals surface area contributed by atoms with Crippen LogP contribution in [0.2, 0.25) is 0 Å². The van der Waals surface area contributed by atoms with E-state index in [1.54, 1.807) is 11.8 Å². The Balaban J connectivity index is 2.12. The minimum Gasteiger partial charge on any atom is -0.364 e.